The van der Waals surface area contributed by atoms with E-state index in [4.69, 9.17) is 4.74 Å². The highest BCUT2D eigenvalue weighted by Gasteiger charge is 2.48. The highest BCUT2D eigenvalue weighted by molar-refractivity contribution is 6.02. The van der Waals surface area contributed by atoms with E-state index in [0.29, 0.717) is 30.2 Å². The van der Waals surface area contributed by atoms with E-state index in [1.807, 2.05) is 31.1 Å². The van der Waals surface area contributed by atoms with Crippen LogP contribution in [0.4, 0.5) is 37.6 Å². The Morgan fingerprint density at radius 1 is 1.24 bits per heavy atom. The van der Waals surface area contributed by atoms with Crippen molar-refractivity contribution in [3.05, 3.63) is 23.9 Å². The summed E-state index contributed by atoms with van der Waals surface area (Å²) in [4.78, 5) is 40.4. The van der Waals surface area contributed by atoms with Crippen molar-refractivity contribution in [1.29, 1.82) is 0 Å². The third kappa shape index (κ3) is 4.72. The fourth-order valence-corrected chi connectivity index (χ4v) is 5.52. The van der Waals surface area contributed by atoms with Gasteiger partial charge in [0, 0.05) is 25.3 Å². The monoisotopic (exact) mass is 529 g/mol. The number of methoxy groups -OCH3 is 1. The largest absolute Gasteiger partial charge is 0.495 e. The van der Waals surface area contributed by atoms with Crippen LogP contribution >= 0.6 is 0 Å². The minimum atomic E-state index is -3.54. The molecular weight excluding hydrogens is 496 g/mol. The van der Waals surface area contributed by atoms with Gasteiger partial charge >= 0.3 is 5.92 Å². The molecule has 2 amide bonds. The molecule has 1 aliphatic carbocycles. The second kappa shape index (κ2) is 9.97. The number of halogens is 2. The second-order valence-corrected chi connectivity index (χ2v) is 10.4. The lowest BCUT2D eigenvalue weighted by molar-refractivity contribution is -0.140. The van der Waals surface area contributed by atoms with Gasteiger partial charge in [-0.25, -0.2) is 4.98 Å². The summed E-state index contributed by atoms with van der Waals surface area (Å²) in [6.07, 6.45) is 5.52. The first-order valence-corrected chi connectivity index (χ1v) is 12.8. The first-order valence-electron chi connectivity index (χ1n) is 12.8. The number of hydrogen-bond acceptors (Lipinski definition) is 8. The molecule has 0 radical (unpaired) electrons. The maximum atomic E-state index is 14.9. The summed E-state index contributed by atoms with van der Waals surface area (Å²) < 4.78 is 35.4. The molecule has 1 aromatic heterocycles. The number of carbonyl (C=O) groups is 2. The van der Waals surface area contributed by atoms with Gasteiger partial charge in [0.15, 0.2) is 5.82 Å². The number of amides is 2. The maximum Gasteiger partial charge on any atom is 0.342 e. The molecule has 0 atom stereocenters. The summed E-state index contributed by atoms with van der Waals surface area (Å²) in [7, 11) is 6.58. The quantitative estimate of drug-likeness (QED) is 0.611. The first kappa shape index (κ1) is 26.1. The number of fused-ring (bicyclic) bond motifs is 2. The third-order valence-electron chi connectivity index (χ3n) is 7.43. The molecule has 0 spiro atoms. The van der Waals surface area contributed by atoms with E-state index in [1.165, 1.54) is 13.2 Å². The van der Waals surface area contributed by atoms with Crippen LogP contribution in [0.1, 0.15) is 31.2 Å². The Kier molecular flexibility index (Phi) is 6.84. The minimum absolute atomic E-state index is 0.00742. The van der Waals surface area contributed by atoms with Crippen molar-refractivity contribution >= 4 is 40.6 Å². The van der Waals surface area contributed by atoms with Gasteiger partial charge in [0.05, 0.1) is 32.1 Å². The first-order chi connectivity index (χ1) is 18.1. The van der Waals surface area contributed by atoms with E-state index < -0.39 is 18.4 Å². The van der Waals surface area contributed by atoms with Gasteiger partial charge in [-0.1, -0.05) is 12.8 Å². The van der Waals surface area contributed by atoms with Crippen LogP contribution in [-0.4, -0.2) is 86.5 Å². The zero-order chi connectivity index (χ0) is 27.2. The highest BCUT2D eigenvalue weighted by atomic mass is 19.3. The Labute approximate surface area is 220 Å². The number of benzene rings is 1. The molecule has 204 valence electrons. The lowest BCUT2D eigenvalue weighted by Crippen LogP contribution is -2.48. The summed E-state index contributed by atoms with van der Waals surface area (Å²) in [5.74, 6) is -3.79. The van der Waals surface area contributed by atoms with Crippen LogP contribution in [0.5, 0.6) is 5.75 Å². The zero-order valence-corrected chi connectivity index (χ0v) is 22.1. The number of rotatable bonds is 6. The van der Waals surface area contributed by atoms with E-state index in [-0.39, 0.29) is 30.1 Å². The number of ether oxygens (including phenoxy) is 1. The molecule has 1 N–H and O–H groups in total. The van der Waals surface area contributed by atoms with Crippen molar-refractivity contribution in [3.63, 3.8) is 0 Å². The summed E-state index contributed by atoms with van der Waals surface area (Å²) in [6, 6.07) is 3.59. The minimum Gasteiger partial charge on any atom is -0.495 e. The molecule has 1 fully saturated rings. The number of hydrogen-bond donors (Lipinski definition) is 1. The Balaban J connectivity index is 1.51. The van der Waals surface area contributed by atoms with Crippen molar-refractivity contribution in [2.75, 3.05) is 67.9 Å². The van der Waals surface area contributed by atoms with Gasteiger partial charge in [-0.2, -0.15) is 13.8 Å². The van der Waals surface area contributed by atoms with Gasteiger partial charge in [0.1, 0.15) is 11.4 Å². The summed E-state index contributed by atoms with van der Waals surface area (Å²) >= 11 is 0. The molecule has 38 heavy (non-hydrogen) atoms. The number of likely N-dealkylation sites (N-methyl/N-ethyl adjacent to an activating group) is 1. The standard InChI is InChI=1S/C26H33F2N7O3/c1-32(2)14-22(36)34-10-9-16-11-21(38-4)18(12-19(16)34)30-25-29-13-20-23(31-25)35(17-7-5-6-8-17)15-26(27,28)24(37)33(20)3/h11-13,17H,5-10,14-15H2,1-4H3,(H,29,30,31). The van der Waals surface area contributed by atoms with Gasteiger partial charge < -0.3 is 29.7 Å². The number of anilines is 5. The maximum absolute atomic E-state index is 14.9. The molecule has 0 unspecified atom stereocenters. The predicted octanol–water partition coefficient (Wildman–Crippen LogP) is 3.04. The molecular formula is C26H33F2N7O3. The molecule has 0 bridgehead atoms. The molecule has 2 aliphatic heterocycles. The number of alkyl halides is 2. The summed E-state index contributed by atoms with van der Waals surface area (Å²) in [5.41, 5.74) is 2.57. The van der Waals surface area contributed by atoms with Crippen molar-refractivity contribution < 1.29 is 23.1 Å². The molecule has 1 aromatic carbocycles. The molecule has 0 saturated heterocycles. The molecule has 5 rings (SSSR count). The molecule has 10 nitrogen and oxygen atoms in total. The average Bonchev–Trinajstić information content (AvgIpc) is 3.54. The van der Waals surface area contributed by atoms with Crippen LogP contribution in [0.15, 0.2) is 18.3 Å². The zero-order valence-electron chi connectivity index (χ0n) is 22.1. The van der Waals surface area contributed by atoms with Gasteiger partial charge in [-0.15, -0.1) is 0 Å². The van der Waals surface area contributed by atoms with Crippen LogP contribution in [0.3, 0.4) is 0 Å². The van der Waals surface area contributed by atoms with Gasteiger partial charge in [0.2, 0.25) is 11.9 Å². The van der Waals surface area contributed by atoms with Crippen LogP contribution in [0.2, 0.25) is 0 Å². The van der Waals surface area contributed by atoms with Crippen LogP contribution in [-0.2, 0) is 16.0 Å². The van der Waals surface area contributed by atoms with E-state index >= 15 is 0 Å². The van der Waals surface area contributed by atoms with Gasteiger partial charge in [-0.05, 0) is 51.1 Å². The lowest BCUT2D eigenvalue weighted by Gasteiger charge is -2.31. The van der Waals surface area contributed by atoms with E-state index in [0.717, 1.165) is 41.8 Å². The van der Waals surface area contributed by atoms with Crippen LogP contribution < -0.4 is 24.8 Å². The predicted molar refractivity (Wildman–Crippen MR) is 141 cm³/mol. The van der Waals surface area contributed by atoms with Gasteiger partial charge in [-0.3, -0.25) is 9.59 Å². The number of aromatic nitrogens is 2. The summed E-state index contributed by atoms with van der Waals surface area (Å²) in [6.45, 7) is 0.139. The average molecular weight is 530 g/mol. The van der Waals surface area contributed by atoms with Crippen molar-refractivity contribution in [2.45, 2.75) is 44.1 Å². The topological polar surface area (TPSA) is 94.1 Å². The Morgan fingerprint density at radius 3 is 2.66 bits per heavy atom. The van der Waals surface area contributed by atoms with Crippen molar-refractivity contribution in [3.8, 4) is 5.75 Å². The number of carbonyl (C=O) groups excluding carboxylic acids is 2. The summed E-state index contributed by atoms with van der Waals surface area (Å²) in [5, 5.41) is 3.17. The molecule has 12 heteroatoms. The SMILES string of the molecule is COc1cc2c(cc1Nc1ncc3c(n1)N(C1CCCC1)CC(F)(F)C(=O)N3C)N(C(=O)CN(C)C)CC2. The van der Waals surface area contributed by atoms with E-state index in [9.17, 15) is 18.4 Å². The van der Waals surface area contributed by atoms with Crippen LogP contribution in [0, 0.1) is 0 Å². The molecule has 3 heterocycles. The fraction of sp³-hybridized carbons (Fsp3) is 0.538. The van der Waals surface area contributed by atoms with Gasteiger partial charge in [0.25, 0.3) is 5.91 Å². The van der Waals surface area contributed by atoms with Crippen LogP contribution in [0.25, 0.3) is 0 Å². The second-order valence-electron chi connectivity index (χ2n) is 10.4. The third-order valence-corrected chi connectivity index (χ3v) is 7.43. The van der Waals surface area contributed by atoms with Crippen molar-refractivity contribution in [1.82, 2.24) is 14.9 Å². The Bertz CT molecular complexity index is 1250. The highest BCUT2D eigenvalue weighted by Crippen LogP contribution is 2.41. The van der Waals surface area contributed by atoms with E-state index in [1.54, 1.807) is 16.9 Å². The molecule has 1 saturated carbocycles. The Hall–Kier alpha value is -3.54. The number of nitrogens with zero attached hydrogens (tertiary/aromatic N) is 6. The Morgan fingerprint density at radius 2 is 1.97 bits per heavy atom. The fourth-order valence-electron chi connectivity index (χ4n) is 5.52. The smallest absolute Gasteiger partial charge is 0.342 e. The normalized spacial score (nSPS) is 19.0. The van der Waals surface area contributed by atoms with E-state index in [2.05, 4.69) is 15.3 Å². The van der Waals surface area contributed by atoms with Crippen molar-refractivity contribution in [2.24, 2.45) is 0 Å². The number of nitrogens with one attached hydrogen (secondary N) is 1. The molecule has 2 aromatic rings. The lowest BCUT2D eigenvalue weighted by atomic mass is 10.1. The molecule has 3 aliphatic rings.